The van der Waals surface area contributed by atoms with Crippen LogP contribution >= 0.6 is 0 Å². The van der Waals surface area contributed by atoms with E-state index in [1.54, 1.807) is 25.1 Å². The van der Waals surface area contributed by atoms with E-state index >= 15 is 0 Å². The van der Waals surface area contributed by atoms with Gasteiger partial charge < -0.3 is 20.4 Å². The first-order valence-corrected chi connectivity index (χ1v) is 19.6. The van der Waals surface area contributed by atoms with Crippen LogP contribution in [0.5, 0.6) is 23.0 Å². The van der Waals surface area contributed by atoms with Crippen LogP contribution in [0.3, 0.4) is 0 Å². The maximum absolute atomic E-state index is 12.4. The molecule has 56 heavy (non-hydrogen) atoms. The number of hydrogen-bond acceptors (Lipinski definition) is 14. The Labute approximate surface area is 339 Å². The Morgan fingerprint density at radius 2 is 0.982 bits per heavy atom. The summed E-state index contributed by atoms with van der Waals surface area (Å²) in [7, 11) is -14.2. The minimum absolute atomic E-state index is 0. The number of rotatable bonds is 9. The zero-order valence-corrected chi connectivity index (χ0v) is 32.4. The Morgan fingerprint density at radius 1 is 0.554 bits per heavy atom. The third kappa shape index (κ3) is 9.17. The van der Waals surface area contributed by atoms with Crippen LogP contribution in [0.15, 0.2) is 120 Å². The van der Waals surface area contributed by atoms with Crippen LogP contribution in [0.2, 0.25) is 0 Å². The molecule has 0 fully saturated rings. The predicted molar refractivity (Wildman–Crippen MR) is 194 cm³/mol. The summed E-state index contributed by atoms with van der Waals surface area (Å²) in [5.41, 5.74) is 0.112. The molecule has 0 aromatic heterocycles. The molecule has 22 heteroatoms. The number of aromatic hydroxyl groups is 4. The normalized spacial score (nSPS) is 12.3. The molecule has 0 spiro atoms. The minimum atomic E-state index is -5.05. The van der Waals surface area contributed by atoms with Crippen molar-refractivity contribution >= 4 is 74.6 Å². The van der Waals surface area contributed by atoms with Crippen molar-refractivity contribution in [1.29, 1.82) is 0 Å². The van der Waals surface area contributed by atoms with Gasteiger partial charge in [-0.2, -0.15) is 16.8 Å². The molecule has 0 atom stereocenters. The van der Waals surface area contributed by atoms with Crippen molar-refractivity contribution in [3.05, 3.63) is 102 Å². The molecule has 17 nitrogen and oxygen atoms in total. The fraction of sp³-hybridized carbons (Fsp3) is 0.0588. The summed E-state index contributed by atoms with van der Waals surface area (Å²) in [6, 6.07) is 18.5. The Bertz CT molecular complexity index is 2960. The van der Waals surface area contributed by atoms with Gasteiger partial charge in [-0.1, -0.05) is 42.5 Å². The predicted octanol–water partition coefficient (Wildman–Crippen LogP) is 6.68. The Morgan fingerprint density at radius 3 is 1.41 bits per heavy atom. The molecule has 0 aliphatic heterocycles. The number of primary sulfonamides is 1. The zero-order valence-electron chi connectivity index (χ0n) is 28.1. The Hall–Kier alpha value is -4.99. The SMILES string of the molecule is Cc1ccc(O)c(N=Nc2c(S(=O)(=O)O)cc3cc(Cc4ccc5c(O)c(N=Nc6cc(S(N)(=O)=O)ccc6O)c(S(=O)(=O)O)cc5c4)ccc3c2O)c1.[Cu].[Cu]. The monoisotopic (exact) mass is 919 g/mol. The number of aryl methyl sites for hydroxylation is 1. The molecule has 8 N–H and O–H groups in total. The summed E-state index contributed by atoms with van der Waals surface area (Å²) in [6.07, 6.45) is 0.144. The number of benzene rings is 6. The summed E-state index contributed by atoms with van der Waals surface area (Å²) < 4.78 is 93.0. The Balaban J connectivity index is 0.00000348. The molecule has 0 unspecified atom stereocenters. The summed E-state index contributed by atoms with van der Waals surface area (Å²) in [5, 5.41) is 63.1. The molecular weight excluding hydrogens is 894 g/mol. The van der Waals surface area contributed by atoms with Gasteiger partial charge in [0.05, 0.1) is 4.90 Å². The van der Waals surface area contributed by atoms with Crippen LogP contribution in [0.1, 0.15) is 16.7 Å². The molecule has 6 aromatic rings. The van der Waals surface area contributed by atoms with E-state index in [1.807, 2.05) is 0 Å². The summed E-state index contributed by atoms with van der Waals surface area (Å²) >= 11 is 0. The van der Waals surface area contributed by atoms with Crippen LogP contribution < -0.4 is 5.14 Å². The molecule has 0 saturated heterocycles. The van der Waals surface area contributed by atoms with Gasteiger partial charge in [-0.25, -0.2) is 13.6 Å². The minimum Gasteiger partial charge on any atom is -0.506 e. The molecular formula is C34H27Cu2N5O12S3. The Kier molecular flexibility index (Phi) is 12.7. The molecule has 6 rings (SSSR count). The number of azo groups is 2. The van der Waals surface area contributed by atoms with E-state index in [1.165, 1.54) is 36.4 Å². The molecule has 0 aliphatic carbocycles. The van der Waals surface area contributed by atoms with E-state index in [4.69, 9.17) is 5.14 Å². The maximum Gasteiger partial charge on any atom is 0.296 e. The fourth-order valence-electron chi connectivity index (χ4n) is 5.53. The summed E-state index contributed by atoms with van der Waals surface area (Å²) in [6.45, 7) is 1.73. The van der Waals surface area contributed by atoms with Crippen LogP contribution in [0, 0.1) is 6.92 Å². The third-order valence-corrected chi connectivity index (χ3v) is 10.8. The second kappa shape index (κ2) is 16.2. The van der Waals surface area contributed by atoms with Crippen LogP contribution in [0.4, 0.5) is 22.7 Å². The van der Waals surface area contributed by atoms with E-state index in [2.05, 4.69) is 20.5 Å². The van der Waals surface area contributed by atoms with Crippen LogP contribution in [0.25, 0.3) is 21.5 Å². The first-order chi connectivity index (χ1) is 25.2. The number of sulfonamides is 1. The van der Waals surface area contributed by atoms with Gasteiger partial charge in [0.15, 0.2) is 11.5 Å². The summed E-state index contributed by atoms with van der Waals surface area (Å²) in [5.74, 6) is -2.13. The van der Waals surface area contributed by atoms with E-state index in [9.17, 15) is 54.8 Å². The standard InChI is InChI=1S/C34H27N5O12S3.2Cu/c1-17-2-8-27(40)25(10-17)36-38-31-29(53(46,47)48)14-20-12-18(3-6-23(20)33(31)42)11-19-4-7-24-21(13-19)15-30(54(49,50)51)32(34(24)43)39-37-26-16-22(52(35,44)45)5-9-28(26)41;;/h2-10,12-16,40-43H,11H2,1H3,(H2,35,44,45)(H,46,47,48)(H,49,50,51);;. The zero-order chi connectivity index (χ0) is 39.3. The molecule has 0 heterocycles. The number of phenols is 4. The van der Waals surface area contributed by atoms with Crippen molar-refractivity contribution in [2.75, 3.05) is 0 Å². The molecule has 0 amide bonds. The molecule has 0 aliphatic rings. The van der Waals surface area contributed by atoms with Crippen molar-refractivity contribution in [3.8, 4) is 23.0 Å². The second-order valence-corrected chi connectivity index (χ2v) is 16.3. The summed E-state index contributed by atoms with van der Waals surface area (Å²) in [4.78, 5) is -2.05. The van der Waals surface area contributed by atoms with E-state index in [-0.39, 0.29) is 73.5 Å². The van der Waals surface area contributed by atoms with Gasteiger partial charge >= 0.3 is 0 Å². The number of hydrogen-bond donors (Lipinski definition) is 7. The fourth-order valence-corrected chi connectivity index (χ4v) is 7.38. The van der Waals surface area contributed by atoms with Gasteiger partial charge in [0.25, 0.3) is 20.2 Å². The first kappa shape index (κ1) is 43.7. The smallest absolute Gasteiger partial charge is 0.296 e. The maximum atomic E-state index is 12.4. The topological polar surface area (TPSA) is 299 Å². The van der Waals surface area contributed by atoms with Crippen molar-refractivity contribution in [3.63, 3.8) is 0 Å². The average molecular weight is 921 g/mol. The van der Waals surface area contributed by atoms with Crippen LogP contribution in [-0.2, 0) is 70.8 Å². The van der Waals surface area contributed by atoms with Crippen molar-refractivity contribution in [2.24, 2.45) is 25.6 Å². The van der Waals surface area contributed by atoms with Gasteiger partial charge in [0.2, 0.25) is 10.0 Å². The number of nitrogens with zero attached hydrogens (tertiary/aromatic N) is 4. The van der Waals surface area contributed by atoms with Crippen LogP contribution in [-0.4, -0.2) is 54.8 Å². The van der Waals surface area contributed by atoms with Gasteiger partial charge in [-0.05, 0) is 83.3 Å². The average Bonchev–Trinajstić information content (AvgIpc) is 3.07. The molecule has 2 radical (unpaired) electrons. The van der Waals surface area contributed by atoms with Crippen molar-refractivity contribution < 1.29 is 88.9 Å². The van der Waals surface area contributed by atoms with Crippen molar-refractivity contribution in [1.82, 2.24) is 0 Å². The second-order valence-electron chi connectivity index (χ2n) is 12.0. The molecule has 0 bridgehead atoms. The largest absolute Gasteiger partial charge is 0.506 e. The quantitative estimate of drug-likeness (QED) is 0.0454. The van der Waals surface area contributed by atoms with E-state index in [0.29, 0.717) is 11.1 Å². The molecule has 6 aromatic carbocycles. The third-order valence-electron chi connectivity index (χ3n) is 8.12. The first-order valence-electron chi connectivity index (χ1n) is 15.2. The van der Waals surface area contributed by atoms with E-state index < -0.39 is 79.3 Å². The molecule has 0 saturated carbocycles. The van der Waals surface area contributed by atoms with E-state index in [0.717, 1.165) is 35.9 Å². The van der Waals surface area contributed by atoms with Crippen molar-refractivity contribution in [2.45, 2.75) is 28.0 Å². The van der Waals surface area contributed by atoms with Gasteiger partial charge in [-0.15, -0.1) is 20.5 Å². The van der Waals surface area contributed by atoms with Gasteiger partial charge in [-0.3, -0.25) is 9.11 Å². The van der Waals surface area contributed by atoms with Gasteiger partial charge in [0, 0.05) is 44.9 Å². The van der Waals surface area contributed by atoms with Gasteiger partial charge in [0.1, 0.15) is 44.0 Å². The number of fused-ring (bicyclic) bond motifs is 2. The molecule has 300 valence electrons. The number of nitrogens with two attached hydrogens (primary N) is 1. The number of phenolic OH excluding ortho intramolecular Hbond substituents is 4.